The Morgan fingerprint density at radius 2 is 2.17 bits per heavy atom. The Morgan fingerprint density at radius 1 is 1.28 bits per heavy atom. The van der Waals surface area contributed by atoms with E-state index in [-0.39, 0.29) is 12.6 Å². The number of alkyl halides is 1. The van der Waals surface area contributed by atoms with Crippen LogP contribution in [-0.2, 0) is 0 Å². The highest BCUT2D eigenvalue weighted by Gasteiger charge is 2.21. The van der Waals surface area contributed by atoms with Crippen molar-refractivity contribution in [3.63, 3.8) is 0 Å². The quantitative estimate of drug-likeness (QED) is 0.804. The topological polar surface area (TPSA) is 16.1 Å². The van der Waals surface area contributed by atoms with E-state index in [0.29, 0.717) is 0 Å². The molecule has 0 N–H and O–H groups in total. The SMILES string of the molecule is FCC1CCCN(c2ccnc3ccccc23)C1. The van der Waals surface area contributed by atoms with Crippen LogP contribution in [0.2, 0.25) is 0 Å². The lowest BCUT2D eigenvalue weighted by Crippen LogP contribution is -2.36. The van der Waals surface area contributed by atoms with Crippen LogP contribution < -0.4 is 4.90 Å². The van der Waals surface area contributed by atoms with Gasteiger partial charge in [-0.15, -0.1) is 0 Å². The number of halogens is 1. The molecule has 1 aliphatic rings. The molecular weight excluding hydrogens is 227 g/mol. The van der Waals surface area contributed by atoms with Gasteiger partial charge in [-0.3, -0.25) is 9.37 Å². The molecule has 94 valence electrons. The summed E-state index contributed by atoms with van der Waals surface area (Å²) < 4.78 is 12.8. The van der Waals surface area contributed by atoms with Crippen LogP contribution >= 0.6 is 0 Å². The van der Waals surface area contributed by atoms with E-state index in [0.717, 1.165) is 31.4 Å². The molecule has 0 saturated carbocycles. The summed E-state index contributed by atoms with van der Waals surface area (Å²) in [4.78, 5) is 6.68. The van der Waals surface area contributed by atoms with Gasteiger partial charge in [0.05, 0.1) is 12.2 Å². The van der Waals surface area contributed by atoms with E-state index in [1.54, 1.807) is 0 Å². The summed E-state index contributed by atoms with van der Waals surface area (Å²) in [6, 6.07) is 10.2. The monoisotopic (exact) mass is 244 g/mol. The molecule has 1 aromatic heterocycles. The summed E-state index contributed by atoms with van der Waals surface area (Å²) >= 11 is 0. The van der Waals surface area contributed by atoms with Gasteiger partial charge in [-0.2, -0.15) is 0 Å². The van der Waals surface area contributed by atoms with Gasteiger partial charge in [0.25, 0.3) is 0 Å². The second-order valence-corrected chi connectivity index (χ2v) is 4.96. The number of aromatic nitrogens is 1. The van der Waals surface area contributed by atoms with Crippen LogP contribution in [0.3, 0.4) is 0 Å². The Bertz CT molecular complexity index is 536. The number of hydrogen-bond acceptors (Lipinski definition) is 2. The molecule has 0 bridgehead atoms. The number of hydrogen-bond donors (Lipinski definition) is 0. The number of piperidine rings is 1. The van der Waals surface area contributed by atoms with Gasteiger partial charge in [0.2, 0.25) is 0 Å². The Hall–Kier alpha value is -1.64. The van der Waals surface area contributed by atoms with Crippen molar-refractivity contribution in [2.75, 3.05) is 24.7 Å². The van der Waals surface area contributed by atoms with Gasteiger partial charge in [-0.25, -0.2) is 0 Å². The first-order valence-corrected chi connectivity index (χ1v) is 6.53. The second kappa shape index (κ2) is 4.92. The molecule has 0 amide bonds. The fourth-order valence-corrected chi connectivity index (χ4v) is 2.77. The van der Waals surface area contributed by atoms with Crippen LogP contribution in [0.5, 0.6) is 0 Å². The minimum absolute atomic E-state index is 0.186. The van der Waals surface area contributed by atoms with E-state index in [1.807, 2.05) is 30.5 Å². The summed E-state index contributed by atoms with van der Waals surface area (Å²) in [5.74, 6) is 0.186. The number of benzene rings is 1. The summed E-state index contributed by atoms with van der Waals surface area (Å²) in [5, 5.41) is 1.17. The molecule has 1 aromatic carbocycles. The van der Waals surface area contributed by atoms with Crippen LogP contribution in [0, 0.1) is 5.92 Å². The smallest absolute Gasteiger partial charge is 0.0939 e. The predicted octanol–water partition coefficient (Wildman–Crippen LogP) is 3.42. The molecule has 2 aromatic rings. The maximum Gasteiger partial charge on any atom is 0.0939 e. The molecule has 0 radical (unpaired) electrons. The molecule has 3 heteroatoms. The van der Waals surface area contributed by atoms with E-state index >= 15 is 0 Å². The minimum atomic E-state index is -0.209. The summed E-state index contributed by atoms with van der Waals surface area (Å²) in [6.45, 7) is 1.63. The van der Waals surface area contributed by atoms with Crippen LogP contribution in [-0.4, -0.2) is 24.7 Å². The van der Waals surface area contributed by atoms with Crippen molar-refractivity contribution in [1.29, 1.82) is 0 Å². The van der Waals surface area contributed by atoms with Gasteiger partial charge in [-0.05, 0) is 25.0 Å². The first kappa shape index (κ1) is 11.5. The van der Waals surface area contributed by atoms with Crippen LogP contribution in [0.4, 0.5) is 10.1 Å². The molecule has 2 nitrogen and oxygen atoms in total. The fourth-order valence-electron chi connectivity index (χ4n) is 2.77. The first-order valence-electron chi connectivity index (χ1n) is 6.53. The average molecular weight is 244 g/mol. The van der Waals surface area contributed by atoms with Gasteiger partial charge in [0.1, 0.15) is 0 Å². The van der Waals surface area contributed by atoms with Gasteiger partial charge in [0, 0.05) is 36.3 Å². The summed E-state index contributed by atoms with van der Waals surface area (Å²) in [7, 11) is 0. The highest BCUT2D eigenvalue weighted by Crippen LogP contribution is 2.29. The first-order chi connectivity index (χ1) is 8.88. The summed E-state index contributed by atoms with van der Waals surface area (Å²) in [6.07, 6.45) is 3.93. The number of anilines is 1. The van der Waals surface area contributed by atoms with Crippen LogP contribution in [0.25, 0.3) is 10.9 Å². The van der Waals surface area contributed by atoms with Crippen molar-refractivity contribution in [3.8, 4) is 0 Å². The van der Waals surface area contributed by atoms with Gasteiger partial charge in [-0.1, -0.05) is 18.2 Å². The predicted molar refractivity (Wildman–Crippen MR) is 72.7 cm³/mol. The zero-order chi connectivity index (χ0) is 12.4. The fraction of sp³-hybridized carbons (Fsp3) is 0.400. The number of fused-ring (bicyclic) bond motifs is 1. The van der Waals surface area contributed by atoms with Crippen molar-refractivity contribution < 1.29 is 4.39 Å². The highest BCUT2D eigenvalue weighted by atomic mass is 19.1. The Labute approximate surface area is 106 Å². The van der Waals surface area contributed by atoms with E-state index in [1.165, 1.54) is 11.1 Å². The number of nitrogens with zero attached hydrogens (tertiary/aromatic N) is 2. The molecule has 1 atom stereocenters. The largest absolute Gasteiger partial charge is 0.371 e. The van der Waals surface area contributed by atoms with E-state index in [2.05, 4.69) is 16.0 Å². The lowest BCUT2D eigenvalue weighted by Gasteiger charge is -2.33. The van der Waals surface area contributed by atoms with E-state index < -0.39 is 0 Å². The van der Waals surface area contributed by atoms with Gasteiger partial charge in [0.15, 0.2) is 0 Å². The number of pyridine rings is 1. The third kappa shape index (κ3) is 2.05. The van der Waals surface area contributed by atoms with Crippen molar-refractivity contribution in [3.05, 3.63) is 36.5 Å². The molecule has 0 spiro atoms. The lowest BCUT2D eigenvalue weighted by atomic mass is 9.98. The summed E-state index contributed by atoms with van der Waals surface area (Å²) in [5.41, 5.74) is 2.20. The van der Waals surface area contributed by atoms with Crippen molar-refractivity contribution in [2.45, 2.75) is 12.8 Å². The minimum Gasteiger partial charge on any atom is -0.371 e. The Morgan fingerprint density at radius 3 is 3.06 bits per heavy atom. The molecule has 1 unspecified atom stereocenters. The molecule has 2 heterocycles. The highest BCUT2D eigenvalue weighted by molar-refractivity contribution is 5.91. The molecular formula is C15H17FN2. The zero-order valence-electron chi connectivity index (χ0n) is 10.3. The maximum absolute atomic E-state index is 12.8. The third-order valence-corrected chi connectivity index (χ3v) is 3.70. The molecule has 1 saturated heterocycles. The molecule has 0 aliphatic carbocycles. The number of rotatable bonds is 2. The molecule has 3 rings (SSSR count). The van der Waals surface area contributed by atoms with Gasteiger partial charge >= 0.3 is 0 Å². The van der Waals surface area contributed by atoms with E-state index in [9.17, 15) is 4.39 Å². The Kier molecular flexibility index (Phi) is 3.13. The van der Waals surface area contributed by atoms with Crippen LogP contribution in [0.15, 0.2) is 36.5 Å². The normalized spacial score (nSPS) is 20.3. The van der Waals surface area contributed by atoms with E-state index in [4.69, 9.17) is 0 Å². The molecule has 1 fully saturated rings. The number of para-hydroxylation sites is 1. The molecule has 18 heavy (non-hydrogen) atoms. The van der Waals surface area contributed by atoms with Crippen molar-refractivity contribution in [2.24, 2.45) is 5.92 Å². The molecule has 1 aliphatic heterocycles. The zero-order valence-corrected chi connectivity index (χ0v) is 10.3. The lowest BCUT2D eigenvalue weighted by molar-refractivity contribution is 0.316. The van der Waals surface area contributed by atoms with Crippen molar-refractivity contribution in [1.82, 2.24) is 4.98 Å². The Balaban J connectivity index is 1.98. The maximum atomic E-state index is 12.8. The second-order valence-electron chi connectivity index (χ2n) is 4.96. The average Bonchev–Trinajstić information content (AvgIpc) is 2.47. The standard InChI is InChI=1S/C15H17FN2/c16-10-12-4-3-9-18(11-12)15-7-8-17-14-6-2-1-5-13(14)15/h1-2,5-8,12H,3-4,9-11H2. The van der Waals surface area contributed by atoms with Crippen LogP contribution in [0.1, 0.15) is 12.8 Å². The van der Waals surface area contributed by atoms with Gasteiger partial charge < -0.3 is 4.90 Å². The third-order valence-electron chi connectivity index (χ3n) is 3.70. The van der Waals surface area contributed by atoms with Crippen molar-refractivity contribution >= 4 is 16.6 Å².